The van der Waals surface area contributed by atoms with Crippen LogP contribution in [0.15, 0.2) is 48.5 Å². The average Bonchev–Trinajstić information content (AvgIpc) is 2.51. The summed E-state index contributed by atoms with van der Waals surface area (Å²) in [5.74, 6) is -0.376. The first-order valence-electron chi connectivity index (χ1n) is 6.78. The van der Waals surface area contributed by atoms with Crippen molar-refractivity contribution in [3.8, 4) is 0 Å². The number of hydrogen-bond acceptors (Lipinski definition) is 2. The number of hydrogen-bond donors (Lipinski definition) is 2. The number of benzene rings is 2. The maximum absolute atomic E-state index is 13.9. The van der Waals surface area contributed by atoms with Crippen molar-refractivity contribution in [1.82, 2.24) is 0 Å². The van der Waals surface area contributed by atoms with Gasteiger partial charge in [-0.1, -0.05) is 41.9 Å². The summed E-state index contributed by atoms with van der Waals surface area (Å²) in [5, 5.41) is 19.9. The molecule has 0 aliphatic carbocycles. The number of aliphatic hydroxyl groups excluding tert-OH is 2. The molecule has 0 radical (unpaired) electrons. The van der Waals surface area contributed by atoms with E-state index in [9.17, 15) is 14.6 Å². The molecule has 2 aromatic rings. The zero-order chi connectivity index (χ0) is 15.3. The van der Waals surface area contributed by atoms with Gasteiger partial charge in [-0.15, -0.1) is 0 Å². The van der Waals surface area contributed by atoms with Crippen LogP contribution in [0, 0.1) is 11.2 Å². The molecule has 0 heterocycles. The van der Waals surface area contributed by atoms with Crippen LogP contribution in [0.2, 0.25) is 5.02 Å². The molecule has 2 aromatic carbocycles. The molecule has 21 heavy (non-hydrogen) atoms. The highest BCUT2D eigenvalue weighted by Gasteiger charge is 2.30. The van der Waals surface area contributed by atoms with Crippen LogP contribution in [0.25, 0.3) is 0 Å². The molecule has 0 spiro atoms. The van der Waals surface area contributed by atoms with Gasteiger partial charge < -0.3 is 10.2 Å². The normalized spacial score (nSPS) is 11.6. The minimum atomic E-state index is -0.813. The predicted octanol–water partition coefficient (Wildman–Crippen LogP) is 3.24. The van der Waals surface area contributed by atoms with Crippen molar-refractivity contribution in [3.63, 3.8) is 0 Å². The molecule has 0 saturated heterocycles. The lowest BCUT2D eigenvalue weighted by Gasteiger charge is -2.30. The summed E-state index contributed by atoms with van der Waals surface area (Å²) in [7, 11) is 0. The summed E-state index contributed by atoms with van der Waals surface area (Å²) in [6.45, 7) is -0.464. The fourth-order valence-corrected chi connectivity index (χ4v) is 2.64. The third-order valence-corrected chi connectivity index (χ3v) is 3.90. The van der Waals surface area contributed by atoms with Crippen LogP contribution in [0.4, 0.5) is 4.39 Å². The third-order valence-electron chi connectivity index (χ3n) is 3.67. The van der Waals surface area contributed by atoms with Gasteiger partial charge in [0.1, 0.15) is 5.82 Å². The van der Waals surface area contributed by atoms with E-state index in [0.29, 0.717) is 17.0 Å². The molecular weight excluding hydrogens is 291 g/mol. The smallest absolute Gasteiger partial charge is 0.126 e. The lowest BCUT2D eigenvalue weighted by molar-refractivity contribution is 0.0541. The molecular formula is C17H18ClFO2. The summed E-state index contributed by atoms with van der Waals surface area (Å²) in [5.41, 5.74) is 0.580. The Morgan fingerprint density at radius 2 is 1.62 bits per heavy atom. The van der Waals surface area contributed by atoms with E-state index in [1.54, 1.807) is 6.07 Å². The van der Waals surface area contributed by atoms with Gasteiger partial charge in [0.15, 0.2) is 0 Å². The second-order valence-electron chi connectivity index (χ2n) is 5.39. The molecule has 2 nitrogen and oxygen atoms in total. The predicted molar refractivity (Wildman–Crippen MR) is 81.9 cm³/mol. The van der Waals surface area contributed by atoms with Crippen molar-refractivity contribution >= 4 is 11.6 Å². The Labute approximate surface area is 128 Å². The maximum Gasteiger partial charge on any atom is 0.126 e. The van der Waals surface area contributed by atoms with Gasteiger partial charge in [0.05, 0.1) is 13.2 Å². The number of halogens is 2. The van der Waals surface area contributed by atoms with Gasteiger partial charge in [-0.3, -0.25) is 0 Å². The third kappa shape index (κ3) is 4.03. The molecule has 0 amide bonds. The van der Waals surface area contributed by atoms with Crippen LogP contribution in [-0.4, -0.2) is 23.4 Å². The molecule has 2 N–H and O–H groups in total. The van der Waals surface area contributed by atoms with E-state index in [0.717, 1.165) is 5.56 Å². The molecule has 0 aliphatic rings. The highest BCUT2D eigenvalue weighted by atomic mass is 35.5. The summed E-state index contributed by atoms with van der Waals surface area (Å²) in [6, 6.07) is 13.9. The Hall–Kier alpha value is -1.42. The molecule has 0 atom stereocenters. The lowest BCUT2D eigenvalue weighted by Crippen LogP contribution is -2.35. The van der Waals surface area contributed by atoms with E-state index in [2.05, 4.69) is 0 Å². The summed E-state index contributed by atoms with van der Waals surface area (Å²) >= 11 is 5.90. The SMILES string of the molecule is OCC(CO)(Cc1ccccc1)Cc1cc(Cl)ccc1F. The molecule has 112 valence electrons. The second kappa shape index (κ2) is 7.03. The van der Waals surface area contributed by atoms with Crippen LogP contribution in [0.1, 0.15) is 11.1 Å². The van der Waals surface area contributed by atoms with E-state index >= 15 is 0 Å². The van der Waals surface area contributed by atoms with Crippen LogP contribution in [0.5, 0.6) is 0 Å². The minimum absolute atomic E-state index is 0.223. The molecule has 0 unspecified atom stereocenters. The Morgan fingerprint density at radius 3 is 2.24 bits per heavy atom. The van der Waals surface area contributed by atoms with Crippen molar-refractivity contribution in [2.75, 3.05) is 13.2 Å². The van der Waals surface area contributed by atoms with Crippen LogP contribution < -0.4 is 0 Å². The van der Waals surface area contributed by atoms with Crippen LogP contribution in [-0.2, 0) is 12.8 Å². The average molecular weight is 309 g/mol. The van der Waals surface area contributed by atoms with Crippen molar-refractivity contribution in [1.29, 1.82) is 0 Å². The molecule has 0 aliphatic heterocycles. The van der Waals surface area contributed by atoms with E-state index in [-0.39, 0.29) is 25.5 Å². The first kappa shape index (κ1) is 16.0. The standard InChI is InChI=1S/C17H18ClFO2/c18-15-6-7-16(19)14(8-15)10-17(11-20,12-21)9-13-4-2-1-3-5-13/h1-8,20-21H,9-12H2. The lowest BCUT2D eigenvalue weighted by atomic mass is 9.78. The second-order valence-corrected chi connectivity index (χ2v) is 5.83. The number of rotatable bonds is 6. The van der Waals surface area contributed by atoms with E-state index < -0.39 is 5.41 Å². The highest BCUT2D eigenvalue weighted by Crippen LogP contribution is 2.29. The Bertz CT molecular complexity index is 583. The quantitative estimate of drug-likeness (QED) is 0.860. The first-order valence-corrected chi connectivity index (χ1v) is 7.16. The van der Waals surface area contributed by atoms with Crippen molar-refractivity contribution < 1.29 is 14.6 Å². The van der Waals surface area contributed by atoms with Crippen LogP contribution in [0.3, 0.4) is 0 Å². The van der Waals surface area contributed by atoms with Gasteiger partial charge >= 0.3 is 0 Å². The Morgan fingerprint density at radius 1 is 0.952 bits per heavy atom. The van der Waals surface area contributed by atoms with E-state index in [4.69, 9.17) is 11.6 Å². The van der Waals surface area contributed by atoms with Gasteiger partial charge in [0, 0.05) is 10.4 Å². The Balaban J connectivity index is 2.27. The monoisotopic (exact) mass is 308 g/mol. The fourth-order valence-electron chi connectivity index (χ4n) is 2.45. The van der Waals surface area contributed by atoms with Gasteiger partial charge in [-0.2, -0.15) is 0 Å². The minimum Gasteiger partial charge on any atom is -0.396 e. The topological polar surface area (TPSA) is 40.5 Å². The first-order chi connectivity index (χ1) is 10.1. The van der Waals surface area contributed by atoms with Gasteiger partial charge in [0.2, 0.25) is 0 Å². The molecule has 0 fully saturated rings. The van der Waals surface area contributed by atoms with Gasteiger partial charge in [0.25, 0.3) is 0 Å². The maximum atomic E-state index is 13.9. The van der Waals surface area contributed by atoms with Gasteiger partial charge in [-0.25, -0.2) is 4.39 Å². The molecule has 0 saturated carbocycles. The highest BCUT2D eigenvalue weighted by molar-refractivity contribution is 6.30. The molecule has 4 heteroatoms. The summed E-state index contributed by atoms with van der Waals surface area (Å²) in [4.78, 5) is 0. The zero-order valence-electron chi connectivity index (χ0n) is 11.6. The van der Waals surface area contributed by atoms with E-state index in [1.165, 1.54) is 12.1 Å². The number of aliphatic hydroxyl groups is 2. The van der Waals surface area contributed by atoms with Crippen molar-refractivity contribution in [2.45, 2.75) is 12.8 Å². The van der Waals surface area contributed by atoms with Crippen molar-refractivity contribution in [3.05, 3.63) is 70.5 Å². The summed E-state index contributed by atoms with van der Waals surface area (Å²) in [6.07, 6.45) is 0.689. The van der Waals surface area contributed by atoms with E-state index in [1.807, 2.05) is 30.3 Å². The molecule has 0 aromatic heterocycles. The largest absolute Gasteiger partial charge is 0.396 e. The Kier molecular flexibility index (Phi) is 5.34. The van der Waals surface area contributed by atoms with Crippen molar-refractivity contribution in [2.24, 2.45) is 5.41 Å². The summed E-state index contributed by atoms with van der Waals surface area (Å²) < 4.78 is 13.9. The zero-order valence-corrected chi connectivity index (χ0v) is 12.4. The fraction of sp³-hybridized carbons (Fsp3) is 0.294. The molecule has 2 rings (SSSR count). The van der Waals surface area contributed by atoms with Crippen LogP contribution >= 0.6 is 11.6 Å². The van der Waals surface area contributed by atoms with Gasteiger partial charge in [-0.05, 0) is 42.2 Å². The molecule has 0 bridgehead atoms.